The van der Waals surface area contributed by atoms with Crippen LogP contribution in [0.5, 0.6) is 0 Å². The molecular formula is C13H26N2O. The van der Waals surface area contributed by atoms with Crippen LogP contribution in [0.3, 0.4) is 0 Å². The Bertz CT molecular complexity index is 202. The number of nitrogens with one attached hydrogen (secondary N) is 1. The van der Waals surface area contributed by atoms with Crippen molar-refractivity contribution in [2.45, 2.75) is 45.2 Å². The Hall–Kier alpha value is -0.120. The van der Waals surface area contributed by atoms with E-state index in [1.165, 1.54) is 32.4 Å². The molecule has 2 aliphatic rings. The third-order valence-electron chi connectivity index (χ3n) is 3.67. The van der Waals surface area contributed by atoms with Gasteiger partial charge in [0.2, 0.25) is 0 Å². The highest BCUT2D eigenvalue weighted by Gasteiger charge is 2.25. The van der Waals surface area contributed by atoms with Gasteiger partial charge >= 0.3 is 0 Å². The molecule has 0 amide bonds. The lowest BCUT2D eigenvalue weighted by atomic mass is 10.1. The zero-order valence-electron chi connectivity index (χ0n) is 10.7. The normalized spacial score (nSPS) is 31.7. The van der Waals surface area contributed by atoms with Gasteiger partial charge in [-0.1, -0.05) is 13.8 Å². The maximum absolute atomic E-state index is 5.39. The Labute approximate surface area is 99.5 Å². The summed E-state index contributed by atoms with van der Waals surface area (Å²) in [6.07, 6.45) is 3.93. The summed E-state index contributed by atoms with van der Waals surface area (Å²) in [5, 5.41) is 3.66. The average molecular weight is 226 g/mol. The van der Waals surface area contributed by atoms with Crippen LogP contribution in [0.25, 0.3) is 0 Å². The van der Waals surface area contributed by atoms with Crippen molar-refractivity contribution in [3.05, 3.63) is 0 Å². The topological polar surface area (TPSA) is 24.5 Å². The van der Waals surface area contributed by atoms with E-state index in [2.05, 4.69) is 24.1 Å². The summed E-state index contributed by atoms with van der Waals surface area (Å²) in [6.45, 7) is 10.2. The minimum Gasteiger partial charge on any atom is -0.380 e. The zero-order chi connectivity index (χ0) is 11.4. The number of likely N-dealkylation sites (tertiary alicyclic amines) is 1. The van der Waals surface area contributed by atoms with Crippen molar-refractivity contribution >= 4 is 0 Å². The number of hydrogen-bond acceptors (Lipinski definition) is 3. The summed E-state index contributed by atoms with van der Waals surface area (Å²) in [5.74, 6) is 0.787. The number of rotatable bonds is 5. The van der Waals surface area contributed by atoms with Gasteiger partial charge in [-0.3, -0.25) is 4.90 Å². The predicted octanol–water partition coefficient (Wildman–Crippen LogP) is 1.49. The summed E-state index contributed by atoms with van der Waals surface area (Å²) in [6, 6.07) is 1.38. The largest absolute Gasteiger partial charge is 0.380 e. The first kappa shape index (κ1) is 12.3. The van der Waals surface area contributed by atoms with E-state index >= 15 is 0 Å². The SMILES string of the molecule is CC(C)CN1CCC[C@H]1CNC1CCOC1. The zero-order valence-corrected chi connectivity index (χ0v) is 10.7. The quantitative estimate of drug-likeness (QED) is 0.768. The van der Waals surface area contributed by atoms with Gasteiger partial charge in [0.25, 0.3) is 0 Å². The summed E-state index contributed by atoms with van der Waals surface area (Å²) < 4.78 is 5.39. The van der Waals surface area contributed by atoms with Crippen molar-refractivity contribution in [3.8, 4) is 0 Å². The molecule has 0 spiro atoms. The fraction of sp³-hybridized carbons (Fsp3) is 1.00. The molecule has 0 radical (unpaired) electrons. The molecule has 0 saturated carbocycles. The lowest BCUT2D eigenvalue weighted by molar-refractivity contribution is 0.184. The fourth-order valence-corrected chi connectivity index (χ4v) is 2.83. The Morgan fingerprint density at radius 3 is 2.94 bits per heavy atom. The first-order valence-electron chi connectivity index (χ1n) is 6.81. The third-order valence-corrected chi connectivity index (χ3v) is 3.67. The first-order chi connectivity index (χ1) is 7.75. The van der Waals surface area contributed by atoms with Crippen LogP contribution in [0.1, 0.15) is 33.1 Å². The van der Waals surface area contributed by atoms with Crippen LogP contribution in [0.2, 0.25) is 0 Å². The van der Waals surface area contributed by atoms with Crippen LogP contribution in [0.4, 0.5) is 0 Å². The van der Waals surface area contributed by atoms with Gasteiger partial charge in [0, 0.05) is 31.8 Å². The summed E-state index contributed by atoms with van der Waals surface area (Å²) >= 11 is 0. The van der Waals surface area contributed by atoms with Gasteiger partial charge in [-0.15, -0.1) is 0 Å². The lowest BCUT2D eigenvalue weighted by Crippen LogP contribution is -2.43. The van der Waals surface area contributed by atoms with Gasteiger partial charge in [-0.25, -0.2) is 0 Å². The van der Waals surface area contributed by atoms with Crippen LogP contribution in [-0.4, -0.2) is 49.8 Å². The van der Waals surface area contributed by atoms with Crippen LogP contribution in [-0.2, 0) is 4.74 Å². The molecule has 2 atom stereocenters. The van der Waals surface area contributed by atoms with Gasteiger partial charge in [0.05, 0.1) is 6.61 Å². The van der Waals surface area contributed by atoms with Gasteiger partial charge in [0.1, 0.15) is 0 Å². The van der Waals surface area contributed by atoms with E-state index in [0.29, 0.717) is 6.04 Å². The van der Waals surface area contributed by atoms with E-state index in [1.807, 2.05) is 0 Å². The highest BCUT2D eigenvalue weighted by molar-refractivity contribution is 4.83. The van der Waals surface area contributed by atoms with Crippen molar-refractivity contribution in [2.75, 3.05) is 32.8 Å². The molecule has 2 fully saturated rings. The molecule has 1 unspecified atom stereocenters. The molecular weight excluding hydrogens is 200 g/mol. The van der Waals surface area contributed by atoms with Gasteiger partial charge in [-0.05, 0) is 31.7 Å². The molecule has 0 bridgehead atoms. The van der Waals surface area contributed by atoms with Crippen molar-refractivity contribution in [1.29, 1.82) is 0 Å². The molecule has 3 heteroatoms. The highest BCUT2D eigenvalue weighted by atomic mass is 16.5. The van der Waals surface area contributed by atoms with Crippen molar-refractivity contribution in [3.63, 3.8) is 0 Å². The second-order valence-electron chi connectivity index (χ2n) is 5.65. The van der Waals surface area contributed by atoms with E-state index in [-0.39, 0.29) is 0 Å². The molecule has 2 saturated heterocycles. The van der Waals surface area contributed by atoms with E-state index in [9.17, 15) is 0 Å². The summed E-state index contributed by atoms with van der Waals surface area (Å²) in [7, 11) is 0. The van der Waals surface area contributed by atoms with Crippen LogP contribution >= 0.6 is 0 Å². The van der Waals surface area contributed by atoms with E-state index in [4.69, 9.17) is 4.74 Å². The molecule has 16 heavy (non-hydrogen) atoms. The molecule has 94 valence electrons. The van der Waals surface area contributed by atoms with E-state index in [0.717, 1.165) is 31.7 Å². The van der Waals surface area contributed by atoms with Crippen LogP contribution in [0, 0.1) is 5.92 Å². The number of ether oxygens (including phenoxy) is 1. The number of hydrogen-bond donors (Lipinski definition) is 1. The van der Waals surface area contributed by atoms with Crippen molar-refractivity contribution < 1.29 is 4.74 Å². The first-order valence-corrected chi connectivity index (χ1v) is 6.81. The van der Waals surface area contributed by atoms with Gasteiger partial charge in [-0.2, -0.15) is 0 Å². The molecule has 2 rings (SSSR count). The molecule has 0 aromatic carbocycles. The smallest absolute Gasteiger partial charge is 0.0620 e. The maximum Gasteiger partial charge on any atom is 0.0620 e. The molecule has 1 N–H and O–H groups in total. The van der Waals surface area contributed by atoms with Crippen molar-refractivity contribution in [1.82, 2.24) is 10.2 Å². The Morgan fingerprint density at radius 2 is 2.25 bits per heavy atom. The molecule has 0 aliphatic carbocycles. The van der Waals surface area contributed by atoms with Crippen LogP contribution < -0.4 is 5.32 Å². The van der Waals surface area contributed by atoms with Gasteiger partial charge < -0.3 is 10.1 Å². The molecule has 3 nitrogen and oxygen atoms in total. The second kappa shape index (κ2) is 5.99. The number of nitrogens with zero attached hydrogens (tertiary/aromatic N) is 1. The maximum atomic E-state index is 5.39. The third kappa shape index (κ3) is 3.44. The molecule has 2 heterocycles. The average Bonchev–Trinajstić information content (AvgIpc) is 2.84. The van der Waals surface area contributed by atoms with E-state index < -0.39 is 0 Å². The summed E-state index contributed by atoms with van der Waals surface area (Å²) in [4.78, 5) is 2.66. The Balaban J connectivity index is 1.70. The standard InChI is InChI=1S/C13H26N2O/c1-11(2)9-15-6-3-4-13(15)8-14-12-5-7-16-10-12/h11-14H,3-10H2,1-2H3/t12?,13-/m0/s1. The predicted molar refractivity (Wildman–Crippen MR) is 66.7 cm³/mol. The fourth-order valence-electron chi connectivity index (χ4n) is 2.83. The lowest BCUT2D eigenvalue weighted by Gasteiger charge is -2.27. The minimum absolute atomic E-state index is 0.612. The van der Waals surface area contributed by atoms with E-state index in [1.54, 1.807) is 0 Å². The Morgan fingerprint density at radius 1 is 1.38 bits per heavy atom. The highest BCUT2D eigenvalue weighted by Crippen LogP contribution is 2.18. The molecule has 0 aromatic heterocycles. The van der Waals surface area contributed by atoms with Crippen molar-refractivity contribution in [2.24, 2.45) is 5.92 Å². The second-order valence-corrected chi connectivity index (χ2v) is 5.65. The minimum atomic E-state index is 0.612. The Kier molecular flexibility index (Phi) is 4.62. The molecule has 0 aromatic rings. The summed E-state index contributed by atoms with van der Waals surface area (Å²) in [5.41, 5.74) is 0. The van der Waals surface area contributed by atoms with Crippen LogP contribution in [0.15, 0.2) is 0 Å². The monoisotopic (exact) mass is 226 g/mol. The van der Waals surface area contributed by atoms with Gasteiger partial charge in [0.15, 0.2) is 0 Å². The molecule has 2 aliphatic heterocycles.